The summed E-state index contributed by atoms with van der Waals surface area (Å²) in [6.45, 7) is 0.500. The summed E-state index contributed by atoms with van der Waals surface area (Å²) in [5, 5.41) is 6.21. The molecule has 0 atom stereocenters. The average molecular weight is 389 g/mol. The van der Waals surface area contributed by atoms with Gasteiger partial charge in [-0.25, -0.2) is 9.98 Å². The van der Waals surface area contributed by atoms with Gasteiger partial charge in [-0.15, -0.1) is 0 Å². The van der Waals surface area contributed by atoms with Gasteiger partial charge in [0.1, 0.15) is 0 Å². The van der Waals surface area contributed by atoms with Gasteiger partial charge in [0.2, 0.25) is 0 Å². The zero-order valence-corrected chi connectivity index (χ0v) is 14.8. The molecule has 1 saturated heterocycles. The van der Waals surface area contributed by atoms with E-state index in [1.54, 1.807) is 18.2 Å². The van der Waals surface area contributed by atoms with Gasteiger partial charge in [0.05, 0.1) is 11.3 Å². The van der Waals surface area contributed by atoms with E-state index in [2.05, 4.69) is 20.4 Å². The molecular weight excluding hydrogens is 371 g/mol. The number of aliphatic imine (C=N–C) groups is 1. The van der Waals surface area contributed by atoms with Crippen LogP contribution in [0, 0.1) is 0 Å². The summed E-state index contributed by atoms with van der Waals surface area (Å²) in [5.41, 5.74) is 1.08. The van der Waals surface area contributed by atoms with Crippen LogP contribution >= 0.6 is 0 Å². The quantitative estimate of drug-likeness (QED) is 0.624. The second-order valence-corrected chi connectivity index (χ2v) is 6.29. The third-order valence-corrected chi connectivity index (χ3v) is 4.22. The molecule has 2 aromatic rings. The highest BCUT2D eigenvalue weighted by Crippen LogP contribution is 2.30. The highest BCUT2D eigenvalue weighted by atomic mass is 19.4. The maximum atomic E-state index is 12.9. The molecule has 146 valence electrons. The molecule has 2 heterocycles. The number of carbonyl (C=O) groups excluding carboxylic acids is 1. The van der Waals surface area contributed by atoms with Crippen LogP contribution in [-0.4, -0.2) is 28.9 Å². The number of benzene rings is 1. The lowest BCUT2D eigenvalue weighted by molar-refractivity contribution is -0.137. The second kappa shape index (κ2) is 8.20. The van der Waals surface area contributed by atoms with Crippen LogP contribution in [0.5, 0.6) is 0 Å². The van der Waals surface area contributed by atoms with Gasteiger partial charge in [0.15, 0.2) is 11.5 Å². The number of hydrazone groups is 1. The van der Waals surface area contributed by atoms with E-state index in [0.29, 0.717) is 42.9 Å². The number of halogens is 3. The molecule has 1 amide bonds. The van der Waals surface area contributed by atoms with E-state index in [0.717, 1.165) is 17.7 Å². The molecule has 0 spiro atoms. The van der Waals surface area contributed by atoms with Crippen molar-refractivity contribution in [3.05, 3.63) is 59.3 Å². The van der Waals surface area contributed by atoms with Gasteiger partial charge in [-0.3, -0.25) is 4.79 Å². The van der Waals surface area contributed by atoms with Crippen LogP contribution in [0.25, 0.3) is 0 Å². The Morgan fingerprint density at radius 2 is 1.96 bits per heavy atom. The first-order valence-corrected chi connectivity index (χ1v) is 8.62. The molecule has 9 heteroatoms. The maximum Gasteiger partial charge on any atom is 0.416 e. The highest BCUT2D eigenvalue weighted by molar-refractivity contribution is 6.67. The number of rotatable bonds is 3. The normalized spacial score (nSPS) is 18.2. The third-order valence-electron chi connectivity index (χ3n) is 4.22. The Bertz CT molecular complexity index is 937. The fraction of sp³-hybridized carbons (Fsp3) is 0.263. The van der Waals surface area contributed by atoms with Crippen molar-refractivity contribution in [3.63, 3.8) is 0 Å². The number of amides is 1. The predicted octanol–water partition coefficient (Wildman–Crippen LogP) is 2.99. The van der Waals surface area contributed by atoms with Crippen LogP contribution in [0.3, 0.4) is 0 Å². The lowest BCUT2D eigenvalue weighted by atomic mass is 10.0. The number of hydrogen-bond donors (Lipinski definition) is 2. The molecule has 0 aliphatic carbocycles. The predicted molar refractivity (Wildman–Crippen MR) is 99.4 cm³/mol. The maximum absolute atomic E-state index is 12.9. The number of nitrogens with zero attached hydrogens (tertiary/aromatic N) is 3. The van der Waals surface area contributed by atoms with Crippen LogP contribution in [0.1, 0.15) is 29.5 Å². The van der Waals surface area contributed by atoms with Crippen molar-refractivity contribution in [2.45, 2.75) is 25.4 Å². The molecule has 0 radical (unpaired) electrons. The summed E-state index contributed by atoms with van der Waals surface area (Å²) in [4.78, 5) is 20.5. The Morgan fingerprint density at radius 3 is 2.71 bits per heavy atom. The minimum absolute atomic E-state index is 0.0579. The molecule has 6 nitrogen and oxygen atoms in total. The number of aromatic nitrogens is 1. The van der Waals surface area contributed by atoms with Crippen molar-refractivity contribution in [2.75, 3.05) is 6.54 Å². The van der Waals surface area contributed by atoms with Gasteiger partial charge in [0.25, 0.3) is 5.91 Å². The van der Waals surface area contributed by atoms with Gasteiger partial charge < -0.3 is 11.2 Å². The Balaban J connectivity index is 1.86. The smallest absolute Gasteiger partial charge is 0.351 e. The van der Waals surface area contributed by atoms with Crippen LogP contribution in [0.4, 0.5) is 19.0 Å². The summed E-state index contributed by atoms with van der Waals surface area (Å²) >= 11 is 0. The third kappa shape index (κ3) is 4.73. The number of carbonyl (C=O) groups is 1. The zero-order valence-electron chi connectivity index (χ0n) is 14.8. The molecule has 1 aliphatic heterocycles. The van der Waals surface area contributed by atoms with E-state index in [4.69, 9.17) is 5.84 Å². The molecule has 1 aromatic carbocycles. The molecule has 0 saturated carbocycles. The molecular formula is C19H18F3N5O. The van der Waals surface area contributed by atoms with E-state index in [1.807, 2.05) is 0 Å². The van der Waals surface area contributed by atoms with Gasteiger partial charge in [-0.2, -0.15) is 18.3 Å². The minimum atomic E-state index is -4.39. The van der Waals surface area contributed by atoms with Gasteiger partial charge in [-0.05, 0) is 48.6 Å². The molecule has 0 bridgehead atoms. The van der Waals surface area contributed by atoms with Crippen molar-refractivity contribution in [3.8, 4) is 0 Å². The van der Waals surface area contributed by atoms with Crippen LogP contribution in [0.15, 0.2) is 52.7 Å². The lowest BCUT2D eigenvalue weighted by Crippen LogP contribution is -2.33. The minimum Gasteiger partial charge on any atom is -0.351 e. The molecule has 3 N–H and O–H groups in total. The largest absolute Gasteiger partial charge is 0.416 e. The standard InChI is InChI=1S/C19H18F3N5O/c20-19(21,22)14-4-1-3-12(10-14)9-13-6-8-24-16(11-13)26-15-5-2-7-25-18(28)17(15)27-23/h1,3-4,6,8,10-11H,2,5,7,9,23H2,(H,25,28)/b26-15?,27-17+. The first kappa shape index (κ1) is 19.5. The van der Waals surface area contributed by atoms with Crippen molar-refractivity contribution < 1.29 is 18.0 Å². The highest BCUT2D eigenvalue weighted by Gasteiger charge is 2.30. The van der Waals surface area contributed by atoms with Crippen molar-refractivity contribution in [1.82, 2.24) is 10.3 Å². The lowest BCUT2D eigenvalue weighted by Gasteiger charge is -2.09. The summed E-state index contributed by atoms with van der Waals surface area (Å²) in [5.74, 6) is 5.28. The first-order valence-electron chi connectivity index (χ1n) is 8.62. The van der Waals surface area contributed by atoms with E-state index in [9.17, 15) is 18.0 Å². The summed E-state index contributed by atoms with van der Waals surface area (Å²) < 4.78 is 38.7. The fourth-order valence-corrected chi connectivity index (χ4v) is 2.90. The van der Waals surface area contributed by atoms with Gasteiger partial charge in [-0.1, -0.05) is 18.2 Å². The topological polar surface area (TPSA) is 92.7 Å². The monoisotopic (exact) mass is 389 g/mol. The summed E-state index contributed by atoms with van der Waals surface area (Å²) in [6.07, 6.45) is -1.37. The molecule has 1 aliphatic rings. The number of pyridine rings is 1. The van der Waals surface area contributed by atoms with E-state index < -0.39 is 11.7 Å². The summed E-state index contributed by atoms with van der Waals surface area (Å²) in [7, 11) is 0. The van der Waals surface area contributed by atoms with E-state index in [-0.39, 0.29) is 11.6 Å². The van der Waals surface area contributed by atoms with Crippen molar-refractivity contribution in [1.29, 1.82) is 0 Å². The number of nitrogens with one attached hydrogen (secondary N) is 1. The second-order valence-electron chi connectivity index (χ2n) is 6.29. The number of hydrogen-bond acceptors (Lipinski definition) is 5. The van der Waals surface area contributed by atoms with Gasteiger partial charge >= 0.3 is 6.18 Å². The fourth-order valence-electron chi connectivity index (χ4n) is 2.90. The number of nitrogens with two attached hydrogens (primary N) is 1. The van der Waals surface area contributed by atoms with Crippen molar-refractivity contribution >= 4 is 23.1 Å². The number of alkyl halides is 3. The van der Waals surface area contributed by atoms with E-state index in [1.165, 1.54) is 12.3 Å². The molecule has 28 heavy (non-hydrogen) atoms. The molecule has 1 aromatic heterocycles. The molecule has 0 unspecified atom stereocenters. The summed E-state index contributed by atoms with van der Waals surface area (Å²) in [6, 6.07) is 8.57. The Hall–Kier alpha value is -3.23. The van der Waals surface area contributed by atoms with E-state index >= 15 is 0 Å². The first-order chi connectivity index (χ1) is 13.4. The van der Waals surface area contributed by atoms with Gasteiger partial charge in [0, 0.05) is 12.7 Å². The SMILES string of the molecule is N/N=C1/C(=O)NCCCC1=Nc1cc(Cc2cccc(C(F)(F)F)c2)ccn1. The Kier molecular flexibility index (Phi) is 5.72. The average Bonchev–Trinajstić information content (AvgIpc) is 2.82. The molecule has 1 fully saturated rings. The molecule has 3 rings (SSSR count). The van der Waals surface area contributed by atoms with Crippen LogP contribution in [-0.2, 0) is 17.4 Å². The Morgan fingerprint density at radius 1 is 1.18 bits per heavy atom. The van der Waals surface area contributed by atoms with Crippen molar-refractivity contribution in [2.24, 2.45) is 15.9 Å². The van der Waals surface area contributed by atoms with Crippen LogP contribution < -0.4 is 11.2 Å². The van der Waals surface area contributed by atoms with Crippen LogP contribution in [0.2, 0.25) is 0 Å². The Labute approximate surface area is 159 Å². The zero-order chi connectivity index (χ0) is 20.1.